The maximum absolute atomic E-state index is 11.3. The second kappa shape index (κ2) is 11.9. The summed E-state index contributed by atoms with van der Waals surface area (Å²) in [4.78, 5) is 18.2. The van der Waals surface area contributed by atoms with Crippen molar-refractivity contribution in [3.05, 3.63) is 71.6 Å². The van der Waals surface area contributed by atoms with Gasteiger partial charge in [-0.2, -0.15) is 0 Å². The Morgan fingerprint density at radius 2 is 2.04 bits per heavy atom. The van der Waals surface area contributed by atoms with E-state index in [1.54, 1.807) is 12.3 Å². The quantitative estimate of drug-likeness (QED) is 0.521. The lowest BCUT2D eigenvalue weighted by molar-refractivity contribution is -0.134. The van der Waals surface area contributed by atoms with Gasteiger partial charge in [0, 0.05) is 31.4 Å². The van der Waals surface area contributed by atoms with Crippen molar-refractivity contribution in [3.63, 3.8) is 0 Å². The number of carbonyl (C=O) groups is 1. The van der Waals surface area contributed by atoms with Gasteiger partial charge in [0.05, 0.1) is 7.11 Å². The molecule has 5 heteroatoms. The van der Waals surface area contributed by atoms with E-state index in [0.29, 0.717) is 6.04 Å². The average Bonchev–Trinajstić information content (AvgIpc) is 2.69. The van der Waals surface area contributed by atoms with Gasteiger partial charge in [-0.15, -0.1) is 0 Å². The number of likely N-dealkylation sites (N-methyl/N-ethyl adjacent to an activating group) is 1. The van der Waals surface area contributed by atoms with Gasteiger partial charge in [-0.1, -0.05) is 43.3 Å². The second-order valence-corrected chi connectivity index (χ2v) is 6.92. The molecule has 1 heterocycles. The summed E-state index contributed by atoms with van der Waals surface area (Å²) in [6, 6.07) is 10.8. The van der Waals surface area contributed by atoms with Crippen molar-refractivity contribution in [2.24, 2.45) is 4.99 Å². The molecular formula is C23H31N3O2. The zero-order valence-electron chi connectivity index (χ0n) is 17.1. The van der Waals surface area contributed by atoms with Crippen molar-refractivity contribution in [2.45, 2.75) is 38.8 Å². The molecule has 28 heavy (non-hydrogen) atoms. The van der Waals surface area contributed by atoms with Gasteiger partial charge in [-0.05, 0) is 49.6 Å². The van der Waals surface area contributed by atoms with Crippen LogP contribution in [0.3, 0.4) is 0 Å². The molecule has 2 rings (SSSR count). The number of esters is 1. The molecular weight excluding hydrogens is 350 g/mol. The van der Waals surface area contributed by atoms with Crippen LogP contribution in [0, 0.1) is 0 Å². The number of ether oxygens (including phenoxy) is 1. The summed E-state index contributed by atoms with van der Waals surface area (Å²) in [6.45, 7) is 4.04. The number of allylic oxidation sites excluding steroid dienone is 4. The second-order valence-electron chi connectivity index (χ2n) is 6.92. The Labute approximate surface area is 168 Å². The number of nitrogens with zero attached hydrogens (tertiary/aromatic N) is 2. The third-order valence-electron chi connectivity index (χ3n) is 4.52. The van der Waals surface area contributed by atoms with Crippen LogP contribution in [0.5, 0.6) is 0 Å². The average molecular weight is 382 g/mol. The van der Waals surface area contributed by atoms with Gasteiger partial charge in [0.1, 0.15) is 5.82 Å². The monoisotopic (exact) mass is 381 g/mol. The summed E-state index contributed by atoms with van der Waals surface area (Å²) >= 11 is 0. The fourth-order valence-electron chi connectivity index (χ4n) is 2.98. The summed E-state index contributed by atoms with van der Waals surface area (Å²) < 4.78 is 4.64. The van der Waals surface area contributed by atoms with Gasteiger partial charge in [0.15, 0.2) is 0 Å². The van der Waals surface area contributed by atoms with Crippen molar-refractivity contribution in [1.29, 1.82) is 0 Å². The van der Waals surface area contributed by atoms with E-state index in [1.165, 1.54) is 18.7 Å². The van der Waals surface area contributed by atoms with E-state index in [0.717, 1.165) is 43.7 Å². The molecule has 0 unspecified atom stereocenters. The van der Waals surface area contributed by atoms with Gasteiger partial charge < -0.3 is 15.0 Å². The van der Waals surface area contributed by atoms with Crippen molar-refractivity contribution >= 4 is 12.2 Å². The Hall–Kier alpha value is -2.66. The molecule has 1 aromatic carbocycles. The van der Waals surface area contributed by atoms with Crippen molar-refractivity contribution in [1.82, 2.24) is 10.2 Å². The van der Waals surface area contributed by atoms with E-state index in [9.17, 15) is 4.79 Å². The normalized spacial score (nSPS) is 20.4. The molecule has 1 atom stereocenters. The molecule has 1 N–H and O–H groups in total. The molecule has 0 saturated carbocycles. The molecule has 1 aromatic rings. The summed E-state index contributed by atoms with van der Waals surface area (Å²) in [5.41, 5.74) is 2.22. The van der Waals surface area contributed by atoms with Crippen LogP contribution in [-0.4, -0.2) is 43.8 Å². The SMILES string of the molecule is CC[C@H](CN(C)Cc1ccccc1)NC1=C/CC/C=C(\C=C\C(=O)OC)/C=N\1. The third-order valence-corrected chi connectivity index (χ3v) is 4.52. The molecule has 150 valence electrons. The minimum Gasteiger partial charge on any atom is -0.466 e. The maximum Gasteiger partial charge on any atom is 0.330 e. The molecule has 5 nitrogen and oxygen atoms in total. The van der Waals surface area contributed by atoms with Crippen LogP contribution in [0.15, 0.2) is 71.0 Å². The Morgan fingerprint density at radius 3 is 2.75 bits per heavy atom. The largest absolute Gasteiger partial charge is 0.466 e. The van der Waals surface area contributed by atoms with Crippen molar-refractivity contribution in [3.8, 4) is 0 Å². The number of nitrogens with one attached hydrogen (secondary N) is 1. The molecule has 1 aliphatic heterocycles. The first kappa shape index (κ1) is 21.6. The summed E-state index contributed by atoms with van der Waals surface area (Å²) in [7, 11) is 3.52. The Kier molecular flexibility index (Phi) is 9.22. The molecule has 1 aliphatic rings. The smallest absolute Gasteiger partial charge is 0.330 e. The van der Waals surface area contributed by atoms with E-state index in [4.69, 9.17) is 0 Å². The molecule has 0 bridgehead atoms. The molecule has 0 radical (unpaired) electrons. The molecule has 0 amide bonds. The van der Waals surface area contributed by atoms with Crippen molar-refractivity contribution < 1.29 is 9.53 Å². The molecule has 0 fully saturated rings. The highest BCUT2D eigenvalue weighted by atomic mass is 16.5. The van der Waals surface area contributed by atoms with Crippen LogP contribution in [0.4, 0.5) is 0 Å². The Balaban J connectivity index is 1.93. The molecule has 0 spiro atoms. The predicted molar refractivity (Wildman–Crippen MR) is 115 cm³/mol. The van der Waals surface area contributed by atoms with E-state index >= 15 is 0 Å². The van der Waals surface area contributed by atoms with Crippen LogP contribution >= 0.6 is 0 Å². The van der Waals surface area contributed by atoms with E-state index < -0.39 is 0 Å². The Bertz CT molecular complexity index is 735. The number of hydrogen-bond donors (Lipinski definition) is 1. The predicted octanol–water partition coefficient (Wildman–Crippen LogP) is 3.85. The topological polar surface area (TPSA) is 53.9 Å². The number of carbonyl (C=O) groups excluding carboxylic acids is 1. The number of rotatable bonds is 9. The minimum absolute atomic E-state index is 0.314. The number of hydrogen-bond acceptors (Lipinski definition) is 5. The lowest BCUT2D eigenvalue weighted by Gasteiger charge is -2.25. The van der Waals surface area contributed by atoms with Crippen molar-refractivity contribution in [2.75, 3.05) is 20.7 Å². The maximum atomic E-state index is 11.3. The van der Waals surface area contributed by atoms with Crippen LogP contribution in [0.2, 0.25) is 0 Å². The molecule has 0 aromatic heterocycles. The zero-order chi connectivity index (χ0) is 20.2. The van der Waals surface area contributed by atoms with E-state index in [2.05, 4.69) is 70.3 Å². The third kappa shape index (κ3) is 7.92. The summed E-state index contributed by atoms with van der Waals surface area (Å²) in [5, 5.41) is 3.57. The van der Waals surface area contributed by atoms with Crippen LogP contribution in [0.1, 0.15) is 31.7 Å². The van der Waals surface area contributed by atoms with Gasteiger partial charge in [0.2, 0.25) is 0 Å². The first-order valence-corrected chi connectivity index (χ1v) is 9.80. The standard InChI is InChI=1S/C23H31N3O2/c1-4-21(18-26(2)17-20-11-6-5-7-12-20)25-22-13-9-8-10-19(16-24-22)14-15-23(27)28-3/h5-7,10-16,21,25H,4,8-9,17-18H2,1-3H3/b15-14+,19-10+,22-13+,24-16-/t21-/m1/s1. The fourth-order valence-corrected chi connectivity index (χ4v) is 2.98. The molecule has 0 saturated heterocycles. The zero-order valence-corrected chi connectivity index (χ0v) is 17.1. The lowest BCUT2D eigenvalue weighted by Crippen LogP contribution is -2.38. The van der Waals surface area contributed by atoms with Gasteiger partial charge in [-0.25, -0.2) is 9.79 Å². The van der Waals surface area contributed by atoms with Gasteiger partial charge in [0.25, 0.3) is 0 Å². The van der Waals surface area contributed by atoms with Crippen LogP contribution in [0.25, 0.3) is 0 Å². The van der Waals surface area contributed by atoms with E-state index in [1.807, 2.05) is 6.07 Å². The number of aliphatic imine (C=N–C) groups is 1. The first-order chi connectivity index (χ1) is 13.6. The van der Waals surface area contributed by atoms with E-state index in [-0.39, 0.29) is 5.97 Å². The summed E-state index contributed by atoms with van der Waals surface area (Å²) in [5.74, 6) is 0.523. The number of benzene rings is 1. The highest BCUT2D eigenvalue weighted by molar-refractivity contribution is 5.88. The minimum atomic E-state index is -0.363. The first-order valence-electron chi connectivity index (χ1n) is 9.80. The lowest BCUT2D eigenvalue weighted by atomic mass is 10.1. The van der Waals surface area contributed by atoms with Crippen LogP contribution in [-0.2, 0) is 16.1 Å². The number of methoxy groups -OCH3 is 1. The van der Waals surface area contributed by atoms with Gasteiger partial charge >= 0.3 is 5.97 Å². The highest BCUT2D eigenvalue weighted by Gasteiger charge is 2.11. The highest BCUT2D eigenvalue weighted by Crippen LogP contribution is 2.10. The van der Waals surface area contributed by atoms with Gasteiger partial charge in [-0.3, -0.25) is 0 Å². The summed E-state index contributed by atoms with van der Waals surface area (Å²) in [6.07, 6.45) is 12.0. The Morgan fingerprint density at radius 1 is 1.29 bits per heavy atom. The van der Waals surface area contributed by atoms with Crippen LogP contribution < -0.4 is 5.32 Å². The molecule has 0 aliphatic carbocycles. The fraction of sp³-hybridized carbons (Fsp3) is 0.391.